The van der Waals surface area contributed by atoms with Crippen LogP contribution in [0.3, 0.4) is 0 Å². The summed E-state index contributed by atoms with van der Waals surface area (Å²) in [5.41, 5.74) is 0. The number of sulfone groups is 1. The van der Waals surface area contributed by atoms with Gasteiger partial charge in [-0.1, -0.05) is 0 Å². The monoisotopic (exact) mass is 343 g/mol. The Labute approximate surface area is 135 Å². The van der Waals surface area contributed by atoms with E-state index < -0.39 is 21.8 Å². The fraction of sp³-hybridized carbons (Fsp3) is 0.467. The number of amides is 1. The second-order valence-corrected chi connectivity index (χ2v) is 6.90. The topological polar surface area (TPSA) is 98.8 Å². The molecule has 0 radical (unpaired) electrons. The summed E-state index contributed by atoms with van der Waals surface area (Å²) in [7, 11) is -3.24. The SMILES string of the molecule is CCOC(=O)[C@H](C)NC(=O)CCOc1ccc(S(C)(=O)=O)cc1. The van der Waals surface area contributed by atoms with Crippen molar-refractivity contribution >= 4 is 21.7 Å². The Bertz CT molecular complexity index is 638. The number of hydrogen-bond donors (Lipinski definition) is 1. The zero-order chi connectivity index (χ0) is 17.5. The zero-order valence-corrected chi connectivity index (χ0v) is 14.2. The third kappa shape index (κ3) is 6.68. The van der Waals surface area contributed by atoms with Crippen molar-refractivity contribution in [3.63, 3.8) is 0 Å². The first-order valence-electron chi connectivity index (χ1n) is 7.13. The van der Waals surface area contributed by atoms with Gasteiger partial charge in [-0.3, -0.25) is 4.79 Å². The summed E-state index contributed by atoms with van der Waals surface area (Å²) >= 11 is 0. The van der Waals surface area contributed by atoms with E-state index in [1.54, 1.807) is 13.8 Å². The fourth-order valence-electron chi connectivity index (χ4n) is 1.68. The average molecular weight is 343 g/mol. The van der Waals surface area contributed by atoms with E-state index in [-0.39, 0.29) is 30.4 Å². The molecule has 0 aliphatic rings. The summed E-state index contributed by atoms with van der Waals surface area (Å²) in [5.74, 6) is -0.361. The van der Waals surface area contributed by atoms with Crippen LogP contribution in [-0.4, -0.2) is 45.8 Å². The van der Waals surface area contributed by atoms with Crippen LogP contribution in [0.1, 0.15) is 20.3 Å². The third-order valence-electron chi connectivity index (χ3n) is 2.87. The van der Waals surface area contributed by atoms with Crippen LogP contribution in [0, 0.1) is 0 Å². The van der Waals surface area contributed by atoms with Crippen LogP contribution in [-0.2, 0) is 24.2 Å². The standard InChI is InChI=1S/C15H21NO6S/c1-4-21-15(18)11(2)16-14(17)9-10-22-12-5-7-13(8-6-12)23(3,19)20/h5-8,11H,4,9-10H2,1-3H3,(H,16,17)/t11-/m0/s1. The molecule has 23 heavy (non-hydrogen) atoms. The minimum absolute atomic E-state index is 0.0670. The molecule has 1 aromatic rings. The van der Waals surface area contributed by atoms with Gasteiger partial charge in [-0.2, -0.15) is 0 Å². The van der Waals surface area contributed by atoms with Gasteiger partial charge in [0.1, 0.15) is 11.8 Å². The second-order valence-electron chi connectivity index (χ2n) is 4.88. The van der Waals surface area contributed by atoms with Crippen molar-refractivity contribution in [3.05, 3.63) is 24.3 Å². The minimum Gasteiger partial charge on any atom is -0.493 e. The fourth-order valence-corrected chi connectivity index (χ4v) is 2.31. The van der Waals surface area contributed by atoms with E-state index in [1.807, 2.05) is 0 Å². The number of ether oxygens (including phenoxy) is 2. The predicted octanol–water partition coefficient (Wildman–Crippen LogP) is 0.927. The molecule has 7 nitrogen and oxygen atoms in total. The van der Waals surface area contributed by atoms with Gasteiger partial charge in [0.25, 0.3) is 0 Å². The van der Waals surface area contributed by atoms with Crippen molar-refractivity contribution in [1.82, 2.24) is 5.32 Å². The van der Waals surface area contributed by atoms with E-state index >= 15 is 0 Å². The molecule has 0 saturated carbocycles. The van der Waals surface area contributed by atoms with Crippen LogP contribution in [0.25, 0.3) is 0 Å². The van der Waals surface area contributed by atoms with Crippen molar-refractivity contribution in [2.75, 3.05) is 19.5 Å². The highest BCUT2D eigenvalue weighted by Crippen LogP contribution is 2.15. The van der Waals surface area contributed by atoms with Gasteiger partial charge in [-0.05, 0) is 38.1 Å². The normalized spacial score (nSPS) is 12.3. The van der Waals surface area contributed by atoms with Gasteiger partial charge in [0, 0.05) is 6.26 Å². The van der Waals surface area contributed by atoms with Crippen molar-refractivity contribution in [1.29, 1.82) is 0 Å². The molecule has 0 fully saturated rings. The number of carbonyl (C=O) groups excluding carboxylic acids is 2. The van der Waals surface area contributed by atoms with Crippen LogP contribution in [0.2, 0.25) is 0 Å². The molecule has 0 aromatic heterocycles. The minimum atomic E-state index is -3.24. The Morgan fingerprint density at radius 1 is 1.22 bits per heavy atom. The van der Waals surface area contributed by atoms with Crippen LogP contribution in [0.5, 0.6) is 5.75 Å². The number of esters is 1. The maximum absolute atomic E-state index is 11.7. The molecule has 0 spiro atoms. The maximum atomic E-state index is 11.7. The second kappa shape index (κ2) is 8.52. The predicted molar refractivity (Wildman–Crippen MR) is 83.9 cm³/mol. The lowest BCUT2D eigenvalue weighted by molar-refractivity contribution is -0.146. The summed E-state index contributed by atoms with van der Waals surface area (Å²) < 4.78 is 32.8. The Morgan fingerprint density at radius 3 is 2.35 bits per heavy atom. The van der Waals surface area contributed by atoms with Gasteiger partial charge in [0.05, 0.1) is 24.5 Å². The van der Waals surface area contributed by atoms with Gasteiger partial charge in [0.15, 0.2) is 9.84 Å². The summed E-state index contributed by atoms with van der Waals surface area (Å²) in [6.07, 6.45) is 1.19. The first-order valence-corrected chi connectivity index (χ1v) is 9.02. The lowest BCUT2D eigenvalue weighted by Crippen LogP contribution is -2.40. The molecule has 0 saturated heterocycles. The molecular weight excluding hydrogens is 322 g/mol. The summed E-state index contributed by atoms with van der Waals surface area (Å²) in [6, 6.07) is 5.21. The first-order chi connectivity index (χ1) is 10.7. The molecule has 128 valence electrons. The highest BCUT2D eigenvalue weighted by Gasteiger charge is 2.16. The molecule has 1 rings (SSSR count). The van der Waals surface area contributed by atoms with Crippen molar-refractivity contribution < 1.29 is 27.5 Å². The lowest BCUT2D eigenvalue weighted by atomic mass is 10.3. The highest BCUT2D eigenvalue weighted by atomic mass is 32.2. The molecule has 0 bridgehead atoms. The molecule has 0 unspecified atom stereocenters. The molecular formula is C15H21NO6S. The Hall–Kier alpha value is -2.09. The average Bonchev–Trinajstić information content (AvgIpc) is 2.47. The molecule has 0 aliphatic carbocycles. The number of benzene rings is 1. The number of hydrogen-bond acceptors (Lipinski definition) is 6. The van der Waals surface area contributed by atoms with Gasteiger partial charge >= 0.3 is 5.97 Å². The van der Waals surface area contributed by atoms with Crippen molar-refractivity contribution in [2.45, 2.75) is 31.2 Å². The van der Waals surface area contributed by atoms with Crippen LogP contribution < -0.4 is 10.1 Å². The Kier molecular flexibility index (Phi) is 7.02. The van der Waals surface area contributed by atoms with Crippen molar-refractivity contribution in [2.24, 2.45) is 0 Å². The van der Waals surface area contributed by atoms with Crippen LogP contribution in [0.4, 0.5) is 0 Å². The van der Waals surface area contributed by atoms with Gasteiger partial charge in [-0.25, -0.2) is 13.2 Å². The van der Waals surface area contributed by atoms with Crippen molar-refractivity contribution in [3.8, 4) is 5.75 Å². The third-order valence-corrected chi connectivity index (χ3v) is 4.00. The van der Waals surface area contributed by atoms with Gasteiger partial charge in [-0.15, -0.1) is 0 Å². The van der Waals surface area contributed by atoms with Crippen LogP contribution >= 0.6 is 0 Å². The van der Waals surface area contributed by atoms with E-state index in [1.165, 1.54) is 24.3 Å². The summed E-state index contributed by atoms with van der Waals surface area (Å²) in [6.45, 7) is 3.60. The van der Waals surface area contributed by atoms with E-state index in [0.717, 1.165) is 6.26 Å². The van der Waals surface area contributed by atoms with E-state index in [0.29, 0.717) is 5.75 Å². The number of carbonyl (C=O) groups is 2. The zero-order valence-electron chi connectivity index (χ0n) is 13.4. The molecule has 8 heteroatoms. The molecule has 0 heterocycles. The van der Waals surface area contributed by atoms with Gasteiger partial charge in [0.2, 0.25) is 5.91 Å². The van der Waals surface area contributed by atoms with E-state index in [2.05, 4.69) is 5.32 Å². The quantitative estimate of drug-likeness (QED) is 0.705. The Morgan fingerprint density at radius 2 is 1.83 bits per heavy atom. The van der Waals surface area contributed by atoms with E-state index in [4.69, 9.17) is 9.47 Å². The largest absolute Gasteiger partial charge is 0.493 e. The van der Waals surface area contributed by atoms with Gasteiger partial charge < -0.3 is 14.8 Å². The molecule has 0 aliphatic heterocycles. The van der Waals surface area contributed by atoms with E-state index in [9.17, 15) is 18.0 Å². The lowest BCUT2D eigenvalue weighted by Gasteiger charge is -2.12. The Balaban J connectivity index is 2.39. The molecule has 1 N–H and O–H groups in total. The smallest absolute Gasteiger partial charge is 0.328 e. The molecule has 1 aromatic carbocycles. The summed E-state index contributed by atoms with van der Waals surface area (Å²) in [5, 5.41) is 2.51. The van der Waals surface area contributed by atoms with Crippen LogP contribution in [0.15, 0.2) is 29.2 Å². The highest BCUT2D eigenvalue weighted by molar-refractivity contribution is 7.90. The first kappa shape index (κ1) is 19.0. The maximum Gasteiger partial charge on any atom is 0.328 e. The number of nitrogens with one attached hydrogen (secondary N) is 1. The number of rotatable bonds is 8. The summed E-state index contributed by atoms with van der Waals surface area (Å²) in [4.78, 5) is 23.2. The molecule has 1 atom stereocenters. The molecule has 1 amide bonds.